The molecule has 0 amide bonds. The van der Waals surface area contributed by atoms with Crippen LogP contribution in [0.2, 0.25) is 0 Å². The summed E-state index contributed by atoms with van der Waals surface area (Å²) in [6, 6.07) is 0.286. The zero-order valence-corrected chi connectivity index (χ0v) is 14.1. The lowest BCUT2D eigenvalue weighted by Crippen LogP contribution is -2.30. The summed E-state index contributed by atoms with van der Waals surface area (Å²) in [5.41, 5.74) is 0.735. The van der Waals surface area contributed by atoms with Crippen molar-refractivity contribution in [1.29, 1.82) is 0 Å². The molecule has 0 atom stereocenters. The molecular weight excluding hydrogens is 276 g/mol. The third kappa shape index (κ3) is 3.62. The molecule has 0 unspecified atom stereocenters. The summed E-state index contributed by atoms with van der Waals surface area (Å²) in [6.45, 7) is 10.5. The fraction of sp³-hybridized carbons (Fsp3) is 0.714. The van der Waals surface area contributed by atoms with Crippen LogP contribution in [-0.2, 0) is 16.6 Å². The maximum atomic E-state index is 12.7. The number of furan rings is 1. The van der Waals surface area contributed by atoms with Crippen LogP contribution in [0.1, 0.15) is 44.3 Å². The van der Waals surface area contributed by atoms with Gasteiger partial charge in [-0.2, -0.15) is 0 Å². The van der Waals surface area contributed by atoms with E-state index in [0.29, 0.717) is 29.5 Å². The number of hydrogen-bond donors (Lipinski definition) is 1. The first-order valence-corrected chi connectivity index (χ1v) is 8.44. The lowest BCUT2D eigenvalue weighted by molar-refractivity contribution is 0.461. The van der Waals surface area contributed by atoms with Crippen LogP contribution in [0.25, 0.3) is 0 Å². The van der Waals surface area contributed by atoms with Crippen molar-refractivity contribution in [3.63, 3.8) is 0 Å². The minimum Gasteiger partial charge on any atom is -0.465 e. The van der Waals surface area contributed by atoms with Crippen molar-refractivity contribution in [2.75, 3.05) is 13.6 Å². The van der Waals surface area contributed by atoms with Gasteiger partial charge in [0.15, 0.2) is 0 Å². The number of aryl methyl sites for hydroxylation is 2. The van der Waals surface area contributed by atoms with Crippen LogP contribution in [0, 0.1) is 13.8 Å². The Balaban J connectivity index is 3.23. The Morgan fingerprint density at radius 1 is 1.25 bits per heavy atom. The van der Waals surface area contributed by atoms with Gasteiger partial charge in [0.05, 0.1) is 0 Å². The van der Waals surface area contributed by atoms with Gasteiger partial charge < -0.3 is 9.73 Å². The van der Waals surface area contributed by atoms with Gasteiger partial charge in [-0.15, -0.1) is 0 Å². The van der Waals surface area contributed by atoms with Crippen molar-refractivity contribution in [3.05, 3.63) is 17.1 Å². The molecule has 1 aromatic heterocycles. The number of nitrogens with one attached hydrogen (secondary N) is 1. The van der Waals surface area contributed by atoms with Crippen LogP contribution in [0.4, 0.5) is 0 Å². The summed E-state index contributed by atoms with van der Waals surface area (Å²) in [4.78, 5) is 0.319. The van der Waals surface area contributed by atoms with E-state index in [-0.39, 0.29) is 6.04 Å². The molecule has 0 spiro atoms. The normalized spacial score (nSPS) is 12.6. The maximum Gasteiger partial charge on any atom is 0.246 e. The SMILES string of the molecule is CCCN(C)S(=O)(=O)c1c(C)oc(C)c1CNC(C)C. The first-order chi connectivity index (χ1) is 9.21. The predicted octanol–water partition coefficient (Wildman–Crippen LogP) is 2.42. The highest BCUT2D eigenvalue weighted by Gasteiger charge is 2.29. The Labute approximate surface area is 122 Å². The molecule has 0 fully saturated rings. The van der Waals surface area contributed by atoms with Gasteiger partial charge in [0.25, 0.3) is 0 Å². The zero-order valence-electron chi connectivity index (χ0n) is 13.3. The maximum absolute atomic E-state index is 12.7. The first kappa shape index (κ1) is 17.2. The van der Waals surface area contributed by atoms with E-state index in [2.05, 4.69) is 5.32 Å². The second-order valence-electron chi connectivity index (χ2n) is 5.38. The molecule has 1 heterocycles. The molecular formula is C14H26N2O3S. The minimum atomic E-state index is -3.49. The molecule has 0 saturated carbocycles. The van der Waals surface area contributed by atoms with Crippen LogP contribution in [0.5, 0.6) is 0 Å². The molecule has 0 radical (unpaired) electrons. The van der Waals surface area contributed by atoms with Crippen LogP contribution in [0.3, 0.4) is 0 Å². The van der Waals surface area contributed by atoms with Gasteiger partial charge in [0, 0.05) is 31.7 Å². The highest BCUT2D eigenvalue weighted by atomic mass is 32.2. The fourth-order valence-corrected chi connectivity index (χ4v) is 3.82. The fourth-order valence-electron chi connectivity index (χ4n) is 2.15. The van der Waals surface area contributed by atoms with Gasteiger partial charge in [0.2, 0.25) is 10.0 Å². The molecule has 5 nitrogen and oxygen atoms in total. The monoisotopic (exact) mass is 302 g/mol. The largest absolute Gasteiger partial charge is 0.465 e. The average molecular weight is 302 g/mol. The van der Waals surface area contributed by atoms with E-state index < -0.39 is 10.0 Å². The molecule has 0 aliphatic heterocycles. The third-order valence-electron chi connectivity index (χ3n) is 3.22. The van der Waals surface area contributed by atoms with E-state index in [1.54, 1.807) is 14.0 Å². The quantitative estimate of drug-likeness (QED) is 0.840. The molecule has 0 aromatic carbocycles. The summed E-state index contributed by atoms with van der Waals surface area (Å²) in [5, 5.41) is 3.26. The van der Waals surface area contributed by atoms with Gasteiger partial charge in [-0.25, -0.2) is 12.7 Å². The molecule has 1 rings (SSSR count). The first-order valence-electron chi connectivity index (χ1n) is 7.00. The molecule has 1 N–H and O–H groups in total. The zero-order chi connectivity index (χ0) is 15.5. The smallest absolute Gasteiger partial charge is 0.246 e. The Kier molecular flexibility index (Phi) is 5.79. The molecule has 116 valence electrons. The molecule has 0 bridgehead atoms. The lowest BCUT2D eigenvalue weighted by Gasteiger charge is -2.17. The molecule has 1 aromatic rings. The van der Waals surface area contributed by atoms with Crippen molar-refractivity contribution in [2.24, 2.45) is 0 Å². The summed E-state index contributed by atoms with van der Waals surface area (Å²) < 4.78 is 32.3. The van der Waals surface area contributed by atoms with Crippen molar-refractivity contribution in [3.8, 4) is 0 Å². The lowest BCUT2D eigenvalue weighted by atomic mass is 10.2. The average Bonchev–Trinajstić information content (AvgIpc) is 2.61. The van der Waals surface area contributed by atoms with Crippen molar-refractivity contribution < 1.29 is 12.8 Å². The summed E-state index contributed by atoms with van der Waals surface area (Å²) in [7, 11) is -1.88. The van der Waals surface area contributed by atoms with E-state index in [1.165, 1.54) is 4.31 Å². The third-order valence-corrected chi connectivity index (χ3v) is 5.27. The van der Waals surface area contributed by atoms with Gasteiger partial charge in [-0.3, -0.25) is 0 Å². The van der Waals surface area contributed by atoms with Gasteiger partial charge in [-0.1, -0.05) is 20.8 Å². The summed E-state index contributed by atoms with van der Waals surface area (Å²) >= 11 is 0. The second kappa shape index (κ2) is 6.74. The molecule has 20 heavy (non-hydrogen) atoms. The number of nitrogens with zero attached hydrogens (tertiary/aromatic N) is 1. The van der Waals surface area contributed by atoms with Crippen LogP contribution in [-0.4, -0.2) is 32.4 Å². The summed E-state index contributed by atoms with van der Waals surface area (Å²) in [5.74, 6) is 1.13. The van der Waals surface area contributed by atoms with Gasteiger partial charge in [-0.05, 0) is 20.3 Å². The van der Waals surface area contributed by atoms with Crippen molar-refractivity contribution in [1.82, 2.24) is 9.62 Å². The Hall–Kier alpha value is -0.850. The number of hydrogen-bond acceptors (Lipinski definition) is 4. The molecule has 0 aliphatic rings. The Morgan fingerprint density at radius 2 is 1.85 bits per heavy atom. The summed E-state index contributed by atoms with van der Waals surface area (Å²) in [6.07, 6.45) is 0.783. The van der Waals surface area contributed by atoms with E-state index in [0.717, 1.165) is 12.0 Å². The molecule has 0 saturated heterocycles. The van der Waals surface area contributed by atoms with Crippen molar-refractivity contribution >= 4 is 10.0 Å². The molecule has 6 heteroatoms. The standard InChI is InChI=1S/C14H26N2O3S/c1-7-8-16(6)20(17,18)14-12(5)19-11(4)13(14)9-15-10(2)3/h10,15H,7-9H2,1-6H3. The second-order valence-corrected chi connectivity index (χ2v) is 7.37. The topological polar surface area (TPSA) is 62.6 Å². The molecule has 0 aliphatic carbocycles. The Morgan fingerprint density at radius 3 is 2.35 bits per heavy atom. The predicted molar refractivity (Wildman–Crippen MR) is 80.3 cm³/mol. The minimum absolute atomic E-state index is 0.286. The van der Waals surface area contributed by atoms with E-state index in [1.807, 2.05) is 27.7 Å². The highest BCUT2D eigenvalue weighted by molar-refractivity contribution is 7.89. The van der Waals surface area contributed by atoms with Gasteiger partial charge >= 0.3 is 0 Å². The highest BCUT2D eigenvalue weighted by Crippen LogP contribution is 2.28. The van der Waals surface area contributed by atoms with Crippen LogP contribution < -0.4 is 5.32 Å². The number of rotatable bonds is 7. The van der Waals surface area contributed by atoms with Crippen LogP contribution >= 0.6 is 0 Å². The number of sulfonamides is 1. The van der Waals surface area contributed by atoms with E-state index in [4.69, 9.17) is 4.42 Å². The van der Waals surface area contributed by atoms with Crippen molar-refractivity contribution in [2.45, 2.75) is 58.5 Å². The van der Waals surface area contributed by atoms with E-state index >= 15 is 0 Å². The Bertz CT molecular complexity index is 547. The van der Waals surface area contributed by atoms with Crippen LogP contribution in [0.15, 0.2) is 9.31 Å². The van der Waals surface area contributed by atoms with E-state index in [9.17, 15) is 8.42 Å². The van der Waals surface area contributed by atoms with Gasteiger partial charge in [0.1, 0.15) is 16.4 Å².